The smallest absolute Gasteiger partial charge is 0.216 e. The Balaban J connectivity index is 2.32. The minimum atomic E-state index is -0.391. The van der Waals surface area contributed by atoms with Gasteiger partial charge in [-0.3, -0.25) is 0 Å². The van der Waals surface area contributed by atoms with E-state index in [1.54, 1.807) is 6.07 Å². The third-order valence-electron chi connectivity index (χ3n) is 2.33. The fourth-order valence-corrected chi connectivity index (χ4v) is 1.81. The summed E-state index contributed by atoms with van der Waals surface area (Å²) < 4.78 is 13.2. The SMILES string of the molecule is Fc1ncc(Cl)cc1C1CCNC1. The number of nitrogens with one attached hydrogen (secondary N) is 1. The van der Waals surface area contributed by atoms with Gasteiger partial charge in [0.05, 0.1) is 5.02 Å². The Morgan fingerprint density at radius 2 is 2.46 bits per heavy atom. The Bertz CT molecular complexity index is 310. The highest BCUT2D eigenvalue weighted by molar-refractivity contribution is 6.30. The molecule has 1 fully saturated rings. The standard InChI is InChI=1S/C9H10ClFN2/c10-7-3-8(9(11)13-5-7)6-1-2-12-4-6/h3,5-6,12H,1-2,4H2. The van der Waals surface area contributed by atoms with Crippen molar-refractivity contribution in [3.63, 3.8) is 0 Å². The second kappa shape index (κ2) is 3.60. The summed E-state index contributed by atoms with van der Waals surface area (Å²) >= 11 is 5.75. The monoisotopic (exact) mass is 200 g/mol. The summed E-state index contributed by atoms with van der Waals surface area (Å²) in [5.41, 5.74) is 0.637. The van der Waals surface area contributed by atoms with Crippen molar-refractivity contribution in [3.8, 4) is 0 Å². The molecule has 2 rings (SSSR count). The molecular weight excluding hydrogens is 191 g/mol. The molecule has 13 heavy (non-hydrogen) atoms. The van der Waals surface area contributed by atoms with E-state index >= 15 is 0 Å². The van der Waals surface area contributed by atoms with Crippen LogP contribution in [0.15, 0.2) is 12.3 Å². The summed E-state index contributed by atoms with van der Waals surface area (Å²) in [5.74, 6) is -0.163. The van der Waals surface area contributed by atoms with Crippen LogP contribution < -0.4 is 5.32 Å². The van der Waals surface area contributed by atoms with Gasteiger partial charge >= 0.3 is 0 Å². The van der Waals surface area contributed by atoms with Crippen LogP contribution in [-0.4, -0.2) is 18.1 Å². The minimum Gasteiger partial charge on any atom is -0.316 e. The number of halogens is 2. The van der Waals surface area contributed by atoms with Crippen LogP contribution >= 0.6 is 11.6 Å². The zero-order chi connectivity index (χ0) is 9.26. The van der Waals surface area contributed by atoms with Gasteiger partial charge in [-0.25, -0.2) is 4.98 Å². The van der Waals surface area contributed by atoms with Crippen molar-refractivity contribution in [2.75, 3.05) is 13.1 Å². The van der Waals surface area contributed by atoms with E-state index < -0.39 is 5.95 Å². The summed E-state index contributed by atoms with van der Waals surface area (Å²) in [6.07, 6.45) is 2.29. The third kappa shape index (κ3) is 1.81. The summed E-state index contributed by atoms with van der Waals surface area (Å²) in [6, 6.07) is 1.67. The highest BCUT2D eigenvalue weighted by atomic mass is 35.5. The Kier molecular flexibility index (Phi) is 2.47. The van der Waals surface area contributed by atoms with Crippen molar-refractivity contribution in [2.45, 2.75) is 12.3 Å². The summed E-state index contributed by atoms with van der Waals surface area (Å²) in [4.78, 5) is 3.60. The number of hydrogen-bond acceptors (Lipinski definition) is 2. The summed E-state index contributed by atoms with van der Waals surface area (Å²) in [5, 5.41) is 3.68. The fraction of sp³-hybridized carbons (Fsp3) is 0.444. The van der Waals surface area contributed by atoms with Crippen molar-refractivity contribution in [1.82, 2.24) is 10.3 Å². The van der Waals surface area contributed by atoms with Crippen LogP contribution in [0, 0.1) is 5.95 Å². The third-order valence-corrected chi connectivity index (χ3v) is 2.54. The number of hydrogen-bond donors (Lipinski definition) is 1. The van der Waals surface area contributed by atoms with Crippen molar-refractivity contribution in [1.29, 1.82) is 0 Å². The molecule has 1 atom stereocenters. The molecule has 1 unspecified atom stereocenters. The van der Waals surface area contributed by atoms with Crippen LogP contribution in [0.4, 0.5) is 4.39 Å². The lowest BCUT2D eigenvalue weighted by atomic mass is 10.0. The number of nitrogens with zero attached hydrogens (tertiary/aromatic N) is 1. The van der Waals surface area contributed by atoms with Gasteiger partial charge in [0.2, 0.25) is 5.95 Å². The first-order valence-electron chi connectivity index (χ1n) is 4.29. The lowest BCUT2D eigenvalue weighted by Crippen LogP contribution is -2.09. The second-order valence-electron chi connectivity index (χ2n) is 3.22. The van der Waals surface area contributed by atoms with E-state index in [1.807, 2.05) is 0 Å². The zero-order valence-corrected chi connectivity index (χ0v) is 7.81. The van der Waals surface area contributed by atoms with Gasteiger partial charge in [0.25, 0.3) is 0 Å². The molecule has 0 spiro atoms. The van der Waals surface area contributed by atoms with E-state index in [-0.39, 0.29) is 5.92 Å². The van der Waals surface area contributed by atoms with E-state index in [1.165, 1.54) is 6.20 Å². The normalized spacial score (nSPS) is 22.2. The van der Waals surface area contributed by atoms with Gasteiger partial charge in [-0.2, -0.15) is 4.39 Å². The lowest BCUT2D eigenvalue weighted by molar-refractivity contribution is 0.549. The van der Waals surface area contributed by atoms with Gasteiger partial charge in [0, 0.05) is 24.2 Å². The molecule has 70 valence electrons. The zero-order valence-electron chi connectivity index (χ0n) is 7.06. The maximum Gasteiger partial charge on any atom is 0.216 e. The van der Waals surface area contributed by atoms with E-state index in [0.29, 0.717) is 10.6 Å². The Morgan fingerprint density at radius 1 is 1.62 bits per heavy atom. The van der Waals surface area contributed by atoms with Crippen molar-refractivity contribution < 1.29 is 4.39 Å². The summed E-state index contributed by atoms with van der Waals surface area (Å²) in [7, 11) is 0. The Hall–Kier alpha value is -0.670. The van der Waals surface area contributed by atoms with E-state index in [2.05, 4.69) is 10.3 Å². The van der Waals surface area contributed by atoms with Crippen LogP contribution in [-0.2, 0) is 0 Å². The molecule has 2 nitrogen and oxygen atoms in total. The largest absolute Gasteiger partial charge is 0.316 e. The van der Waals surface area contributed by atoms with E-state index in [4.69, 9.17) is 11.6 Å². The molecule has 0 saturated carbocycles. The predicted molar refractivity (Wildman–Crippen MR) is 49.4 cm³/mol. The van der Waals surface area contributed by atoms with Crippen molar-refractivity contribution in [2.24, 2.45) is 0 Å². The molecule has 0 aliphatic carbocycles. The molecule has 1 aliphatic heterocycles. The molecule has 1 N–H and O–H groups in total. The van der Waals surface area contributed by atoms with Crippen LogP contribution in [0.1, 0.15) is 17.9 Å². The maximum atomic E-state index is 13.2. The molecular formula is C9H10ClFN2. The number of pyridine rings is 1. The average molecular weight is 201 g/mol. The Morgan fingerprint density at radius 3 is 3.15 bits per heavy atom. The molecule has 4 heteroatoms. The first-order chi connectivity index (χ1) is 6.27. The maximum absolute atomic E-state index is 13.2. The van der Waals surface area contributed by atoms with Crippen LogP contribution in [0.5, 0.6) is 0 Å². The van der Waals surface area contributed by atoms with E-state index in [9.17, 15) is 4.39 Å². The van der Waals surface area contributed by atoms with Crippen molar-refractivity contribution >= 4 is 11.6 Å². The van der Waals surface area contributed by atoms with Crippen LogP contribution in [0.2, 0.25) is 5.02 Å². The molecule has 0 amide bonds. The minimum absolute atomic E-state index is 0.228. The highest BCUT2D eigenvalue weighted by Crippen LogP contribution is 2.25. The van der Waals surface area contributed by atoms with E-state index in [0.717, 1.165) is 19.5 Å². The lowest BCUT2D eigenvalue weighted by Gasteiger charge is -2.08. The topological polar surface area (TPSA) is 24.9 Å². The molecule has 1 aliphatic rings. The first kappa shape index (κ1) is 8.91. The molecule has 1 saturated heterocycles. The molecule has 0 radical (unpaired) electrons. The first-order valence-corrected chi connectivity index (χ1v) is 4.67. The van der Waals surface area contributed by atoms with Crippen molar-refractivity contribution in [3.05, 3.63) is 28.8 Å². The molecule has 1 aromatic heterocycles. The van der Waals surface area contributed by atoms with Gasteiger partial charge in [-0.1, -0.05) is 11.6 Å². The number of rotatable bonds is 1. The molecule has 2 heterocycles. The molecule has 1 aromatic rings. The van der Waals surface area contributed by atoms with Crippen LogP contribution in [0.3, 0.4) is 0 Å². The molecule has 0 aromatic carbocycles. The predicted octanol–water partition coefficient (Wildman–Crippen LogP) is 1.95. The quantitative estimate of drug-likeness (QED) is 0.701. The van der Waals surface area contributed by atoms with Gasteiger partial charge < -0.3 is 5.32 Å². The second-order valence-corrected chi connectivity index (χ2v) is 3.66. The average Bonchev–Trinajstić information content (AvgIpc) is 2.61. The van der Waals surface area contributed by atoms with Crippen LogP contribution in [0.25, 0.3) is 0 Å². The summed E-state index contributed by atoms with van der Waals surface area (Å²) in [6.45, 7) is 1.76. The molecule has 0 bridgehead atoms. The van der Waals surface area contributed by atoms with Gasteiger partial charge in [0.15, 0.2) is 0 Å². The Labute approximate surface area is 81.1 Å². The number of aromatic nitrogens is 1. The van der Waals surface area contributed by atoms with Gasteiger partial charge in [-0.15, -0.1) is 0 Å². The highest BCUT2D eigenvalue weighted by Gasteiger charge is 2.20. The fourth-order valence-electron chi connectivity index (χ4n) is 1.64. The van der Waals surface area contributed by atoms with Gasteiger partial charge in [0.1, 0.15) is 0 Å². The van der Waals surface area contributed by atoms with Gasteiger partial charge in [-0.05, 0) is 19.0 Å².